The number of carbonyl (C=O) groups is 3. The summed E-state index contributed by atoms with van der Waals surface area (Å²) in [6.07, 6.45) is 0.895. The minimum absolute atomic E-state index is 0.00215. The number of hydrogen-bond donors (Lipinski definition) is 1. The number of urea groups is 1. The van der Waals surface area contributed by atoms with Gasteiger partial charge in [-0.1, -0.05) is 56.3 Å². The maximum absolute atomic E-state index is 13.8. The van der Waals surface area contributed by atoms with Crippen molar-refractivity contribution in [1.82, 2.24) is 25.1 Å². The summed E-state index contributed by atoms with van der Waals surface area (Å²) in [4.78, 5) is 43.8. The lowest BCUT2D eigenvalue weighted by Gasteiger charge is -2.55. The first-order valence-electron chi connectivity index (χ1n) is 12.0. The van der Waals surface area contributed by atoms with Gasteiger partial charge in [0.15, 0.2) is 0 Å². The van der Waals surface area contributed by atoms with E-state index < -0.39 is 12.2 Å². The van der Waals surface area contributed by atoms with E-state index in [4.69, 9.17) is 0 Å². The Balaban J connectivity index is 1.67. The van der Waals surface area contributed by atoms with Crippen LogP contribution in [0.1, 0.15) is 43.9 Å². The number of carbonyl (C=O) groups excluding carboxylic acids is 3. The van der Waals surface area contributed by atoms with E-state index in [9.17, 15) is 18.8 Å². The van der Waals surface area contributed by atoms with Crippen molar-refractivity contribution in [3.05, 3.63) is 71.5 Å². The van der Waals surface area contributed by atoms with Gasteiger partial charge in [0.05, 0.1) is 13.1 Å². The maximum atomic E-state index is 13.8. The standard InChI is InChI=1S/C26H32FN5O3/c1-4-21(5-2)30-16-22-31(24(25(30)34)19-9-7-6-8-10-19)23(33)17-29(3)32(22)26(35)28-15-18-11-13-20(27)14-12-18/h6-14,21-22,24H,4-5,15-17H2,1-3H3,(H,28,35)/t22-,24-/m0/s1. The van der Waals surface area contributed by atoms with Gasteiger partial charge in [0.25, 0.3) is 0 Å². The van der Waals surface area contributed by atoms with Crippen LogP contribution in [0.4, 0.5) is 9.18 Å². The summed E-state index contributed by atoms with van der Waals surface area (Å²) < 4.78 is 13.2. The van der Waals surface area contributed by atoms with Crippen LogP contribution < -0.4 is 5.32 Å². The van der Waals surface area contributed by atoms with Crippen LogP contribution in [0.25, 0.3) is 0 Å². The Morgan fingerprint density at radius 3 is 2.34 bits per heavy atom. The third-order valence-electron chi connectivity index (χ3n) is 6.84. The molecule has 0 saturated carbocycles. The molecule has 2 aliphatic rings. The molecule has 0 spiro atoms. The van der Waals surface area contributed by atoms with E-state index in [0.29, 0.717) is 0 Å². The number of nitrogens with one attached hydrogen (secondary N) is 1. The number of amides is 4. The fourth-order valence-corrected chi connectivity index (χ4v) is 5.04. The molecule has 4 rings (SSSR count). The zero-order valence-corrected chi connectivity index (χ0v) is 20.4. The average Bonchev–Trinajstić information content (AvgIpc) is 2.85. The van der Waals surface area contributed by atoms with Crippen LogP contribution in [0, 0.1) is 5.82 Å². The van der Waals surface area contributed by atoms with E-state index in [-0.39, 0.29) is 49.3 Å². The van der Waals surface area contributed by atoms with Gasteiger partial charge >= 0.3 is 6.03 Å². The molecular weight excluding hydrogens is 449 g/mol. The third-order valence-corrected chi connectivity index (χ3v) is 6.84. The summed E-state index contributed by atoms with van der Waals surface area (Å²) >= 11 is 0. The Morgan fingerprint density at radius 2 is 1.71 bits per heavy atom. The lowest BCUT2D eigenvalue weighted by Crippen LogP contribution is -2.74. The molecule has 2 aliphatic heterocycles. The molecule has 4 amide bonds. The van der Waals surface area contributed by atoms with E-state index >= 15 is 0 Å². The van der Waals surface area contributed by atoms with Gasteiger partial charge in [-0.15, -0.1) is 0 Å². The fourth-order valence-electron chi connectivity index (χ4n) is 5.04. The summed E-state index contributed by atoms with van der Waals surface area (Å²) in [5, 5.41) is 6.02. The summed E-state index contributed by atoms with van der Waals surface area (Å²) in [7, 11) is 1.70. The second kappa shape index (κ2) is 10.4. The van der Waals surface area contributed by atoms with Crippen LogP contribution in [-0.2, 0) is 16.1 Å². The number of rotatable bonds is 6. The van der Waals surface area contributed by atoms with Gasteiger partial charge in [-0.25, -0.2) is 19.2 Å². The van der Waals surface area contributed by atoms with E-state index in [2.05, 4.69) is 5.32 Å². The van der Waals surface area contributed by atoms with E-state index in [0.717, 1.165) is 24.0 Å². The lowest BCUT2D eigenvalue weighted by molar-refractivity contribution is -0.190. The first-order valence-corrected chi connectivity index (χ1v) is 12.0. The van der Waals surface area contributed by atoms with Crippen molar-refractivity contribution < 1.29 is 18.8 Å². The van der Waals surface area contributed by atoms with Gasteiger partial charge in [-0.3, -0.25) is 9.59 Å². The number of piperazine rings is 1. The van der Waals surface area contributed by atoms with Crippen LogP contribution in [0.15, 0.2) is 54.6 Å². The monoisotopic (exact) mass is 481 g/mol. The Labute approximate surface area is 205 Å². The number of halogens is 1. The minimum atomic E-state index is -0.802. The van der Waals surface area contributed by atoms with Crippen molar-refractivity contribution in [2.75, 3.05) is 20.1 Å². The molecule has 0 aromatic heterocycles. The molecule has 186 valence electrons. The van der Waals surface area contributed by atoms with Gasteiger partial charge in [0.1, 0.15) is 18.0 Å². The summed E-state index contributed by atoms with van der Waals surface area (Å²) in [6, 6.07) is 14.0. The molecule has 2 fully saturated rings. The topological polar surface area (TPSA) is 76.2 Å². The van der Waals surface area contributed by atoms with Crippen molar-refractivity contribution in [3.63, 3.8) is 0 Å². The van der Waals surface area contributed by atoms with Crippen LogP contribution in [-0.4, -0.2) is 70.0 Å². The number of benzene rings is 2. The smallest absolute Gasteiger partial charge is 0.334 e. The SMILES string of the molecule is CCC(CC)N1C[C@H]2N(C(=O)CN(C)N2C(=O)NCc2ccc(F)cc2)[C@@H](c2ccccc2)C1=O. The highest BCUT2D eigenvalue weighted by atomic mass is 19.1. The molecule has 35 heavy (non-hydrogen) atoms. The van der Waals surface area contributed by atoms with Crippen molar-refractivity contribution in [2.45, 2.75) is 51.5 Å². The van der Waals surface area contributed by atoms with Crippen LogP contribution in [0.5, 0.6) is 0 Å². The molecule has 0 unspecified atom stereocenters. The van der Waals surface area contributed by atoms with Crippen LogP contribution in [0.2, 0.25) is 0 Å². The third kappa shape index (κ3) is 4.86. The number of hydrazine groups is 1. The fraction of sp³-hybridized carbons (Fsp3) is 0.423. The maximum Gasteiger partial charge on any atom is 0.334 e. The molecule has 9 heteroatoms. The summed E-state index contributed by atoms with van der Waals surface area (Å²) in [5.41, 5.74) is 1.48. The van der Waals surface area contributed by atoms with Gasteiger partial charge in [-0.05, 0) is 36.1 Å². The number of nitrogens with zero attached hydrogens (tertiary/aromatic N) is 4. The minimum Gasteiger partial charge on any atom is -0.334 e. The quantitative estimate of drug-likeness (QED) is 0.688. The summed E-state index contributed by atoms with van der Waals surface area (Å²) in [5.74, 6) is -0.664. The molecule has 2 atom stereocenters. The second-order valence-corrected chi connectivity index (χ2v) is 9.00. The molecule has 0 bridgehead atoms. The van der Waals surface area contributed by atoms with Crippen LogP contribution in [0.3, 0.4) is 0 Å². The van der Waals surface area contributed by atoms with Gasteiger partial charge < -0.3 is 15.1 Å². The average molecular weight is 482 g/mol. The van der Waals surface area contributed by atoms with Crippen molar-refractivity contribution >= 4 is 17.8 Å². The molecular formula is C26H32FN5O3. The van der Waals surface area contributed by atoms with E-state index in [1.807, 2.05) is 49.1 Å². The largest absolute Gasteiger partial charge is 0.334 e. The molecule has 2 aromatic carbocycles. The number of likely N-dealkylation sites (N-methyl/N-ethyl adjacent to an activating group) is 1. The molecule has 0 aliphatic carbocycles. The highest BCUT2D eigenvalue weighted by Gasteiger charge is 2.52. The van der Waals surface area contributed by atoms with Gasteiger partial charge in [0.2, 0.25) is 11.8 Å². The van der Waals surface area contributed by atoms with E-state index in [1.165, 1.54) is 17.1 Å². The van der Waals surface area contributed by atoms with Gasteiger partial charge in [0, 0.05) is 19.6 Å². The van der Waals surface area contributed by atoms with Crippen molar-refractivity contribution in [1.29, 1.82) is 0 Å². The molecule has 2 aromatic rings. The highest BCUT2D eigenvalue weighted by molar-refractivity contribution is 5.92. The first-order chi connectivity index (χ1) is 16.8. The lowest BCUT2D eigenvalue weighted by atomic mass is 9.96. The molecule has 8 nitrogen and oxygen atoms in total. The highest BCUT2D eigenvalue weighted by Crippen LogP contribution is 2.35. The zero-order valence-electron chi connectivity index (χ0n) is 20.4. The van der Waals surface area contributed by atoms with Crippen LogP contribution >= 0.6 is 0 Å². The first kappa shape index (κ1) is 24.7. The number of hydrogen-bond acceptors (Lipinski definition) is 4. The van der Waals surface area contributed by atoms with Gasteiger partial charge in [-0.2, -0.15) is 0 Å². The molecule has 0 radical (unpaired) electrons. The Kier molecular flexibility index (Phi) is 7.35. The molecule has 2 saturated heterocycles. The van der Waals surface area contributed by atoms with Crippen molar-refractivity contribution in [2.24, 2.45) is 0 Å². The van der Waals surface area contributed by atoms with E-state index in [1.54, 1.807) is 29.1 Å². The molecule has 2 heterocycles. The normalized spacial score (nSPS) is 20.9. The zero-order chi connectivity index (χ0) is 25.1. The predicted octanol–water partition coefficient (Wildman–Crippen LogP) is 3.12. The predicted molar refractivity (Wildman–Crippen MR) is 129 cm³/mol. The number of fused-ring (bicyclic) bond motifs is 1. The Morgan fingerprint density at radius 1 is 1.06 bits per heavy atom. The Bertz CT molecular complexity index is 1060. The molecule has 1 N–H and O–H groups in total. The summed E-state index contributed by atoms with van der Waals surface area (Å²) in [6.45, 7) is 4.49. The van der Waals surface area contributed by atoms with Crippen molar-refractivity contribution in [3.8, 4) is 0 Å². The second-order valence-electron chi connectivity index (χ2n) is 9.00. The Hall–Kier alpha value is -3.46.